The molecule has 0 bridgehead atoms. The van der Waals surface area contributed by atoms with Crippen molar-refractivity contribution in [2.45, 2.75) is 0 Å². The maximum atomic E-state index is 13.3. The number of benzene rings is 2. The molecule has 0 aliphatic heterocycles. The molecule has 130 valence electrons. The molecule has 0 spiro atoms. The standard InChI is InChI=1S/C18H17FN2O4/c1-23-15-8-12(9-16(24-2)17(15)25-3)20-18(22)14-6-10-4-5-11(19)7-13(10)21-14/h4-9,21H,1-3H3,(H,20,22). The first kappa shape index (κ1) is 16.6. The number of ether oxygens (including phenoxy) is 3. The summed E-state index contributed by atoms with van der Waals surface area (Å²) in [6.07, 6.45) is 0. The molecule has 0 saturated heterocycles. The number of fused-ring (bicyclic) bond motifs is 1. The first-order valence-electron chi connectivity index (χ1n) is 7.45. The van der Waals surface area contributed by atoms with E-state index in [-0.39, 0.29) is 11.7 Å². The zero-order chi connectivity index (χ0) is 18.0. The number of anilines is 1. The number of carbonyl (C=O) groups is 1. The summed E-state index contributed by atoms with van der Waals surface area (Å²) in [6.45, 7) is 0. The van der Waals surface area contributed by atoms with Gasteiger partial charge in [-0.05, 0) is 24.3 Å². The van der Waals surface area contributed by atoms with Gasteiger partial charge in [0.25, 0.3) is 5.91 Å². The third-order valence-electron chi connectivity index (χ3n) is 3.75. The van der Waals surface area contributed by atoms with Crippen LogP contribution in [-0.2, 0) is 0 Å². The second-order valence-corrected chi connectivity index (χ2v) is 5.28. The van der Waals surface area contributed by atoms with Gasteiger partial charge in [0, 0.05) is 28.7 Å². The van der Waals surface area contributed by atoms with Crippen LogP contribution in [0.1, 0.15) is 10.5 Å². The number of aromatic amines is 1. The minimum Gasteiger partial charge on any atom is -0.493 e. The van der Waals surface area contributed by atoms with E-state index < -0.39 is 0 Å². The summed E-state index contributed by atoms with van der Waals surface area (Å²) in [4.78, 5) is 15.4. The van der Waals surface area contributed by atoms with Gasteiger partial charge in [0.15, 0.2) is 11.5 Å². The van der Waals surface area contributed by atoms with Crippen LogP contribution in [0, 0.1) is 5.82 Å². The van der Waals surface area contributed by atoms with Crippen molar-refractivity contribution in [2.24, 2.45) is 0 Å². The van der Waals surface area contributed by atoms with Crippen molar-refractivity contribution in [3.05, 3.63) is 47.9 Å². The van der Waals surface area contributed by atoms with Crippen LogP contribution in [0.4, 0.5) is 10.1 Å². The first-order chi connectivity index (χ1) is 12.0. The Morgan fingerprint density at radius 3 is 2.28 bits per heavy atom. The number of nitrogens with one attached hydrogen (secondary N) is 2. The van der Waals surface area contributed by atoms with E-state index in [0.717, 1.165) is 5.39 Å². The Hall–Kier alpha value is -3.22. The molecule has 2 aromatic carbocycles. The molecule has 0 fully saturated rings. The Bertz CT molecular complexity index is 911. The lowest BCUT2D eigenvalue weighted by atomic mass is 10.2. The van der Waals surface area contributed by atoms with Gasteiger partial charge in [-0.15, -0.1) is 0 Å². The highest BCUT2D eigenvalue weighted by molar-refractivity contribution is 6.06. The Morgan fingerprint density at radius 2 is 1.68 bits per heavy atom. The van der Waals surface area contributed by atoms with E-state index in [4.69, 9.17) is 14.2 Å². The van der Waals surface area contributed by atoms with Gasteiger partial charge < -0.3 is 24.5 Å². The maximum absolute atomic E-state index is 13.3. The van der Waals surface area contributed by atoms with Crippen LogP contribution in [0.15, 0.2) is 36.4 Å². The fourth-order valence-corrected chi connectivity index (χ4v) is 2.57. The summed E-state index contributed by atoms with van der Waals surface area (Å²) in [5.41, 5.74) is 1.34. The van der Waals surface area contributed by atoms with E-state index in [9.17, 15) is 9.18 Å². The average molecular weight is 344 g/mol. The lowest BCUT2D eigenvalue weighted by Crippen LogP contribution is -2.12. The Balaban J connectivity index is 1.91. The van der Waals surface area contributed by atoms with Crippen LogP contribution < -0.4 is 19.5 Å². The van der Waals surface area contributed by atoms with E-state index >= 15 is 0 Å². The highest BCUT2D eigenvalue weighted by Gasteiger charge is 2.16. The van der Waals surface area contributed by atoms with Gasteiger partial charge >= 0.3 is 0 Å². The van der Waals surface area contributed by atoms with Crippen LogP contribution in [0.2, 0.25) is 0 Å². The predicted octanol–water partition coefficient (Wildman–Crippen LogP) is 3.59. The zero-order valence-electron chi connectivity index (χ0n) is 14.0. The van der Waals surface area contributed by atoms with E-state index in [1.807, 2.05) is 0 Å². The average Bonchev–Trinajstić information content (AvgIpc) is 3.04. The first-order valence-corrected chi connectivity index (χ1v) is 7.45. The number of carbonyl (C=O) groups excluding carboxylic acids is 1. The normalized spacial score (nSPS) is 10.6. The molecule has 25 heavy (non-hydrogen) atoms. The second-order valence-electron chi connectivity index (χ2n) is 5.28. The van der Waals surface area contributed by atoms with Gasteiger partial charge in [0.05, 0.1) is 21.3 Å². The summed E-state index contributed by atoms with van der Waals surface area (Å²) in [6, 6.07) is 9.20. The van der Waals surface area contributed by atoms with Crippen LogP contribution in [-0.4, -0.2) is 32.2 Å². The van der Waals surface area contributed by atoms with E-state index in [2.05, 4.69) is 10.3 Å². The third kappa shape index (κ3) is 3.21. The molecule has 0 aliphatic carbocycles. The maximum Gasteiger partial charge on any atom is 0.272 e. The summed E-state index contributed by atoms with van der Waals surface area (Å²) >= 11 is 0. The van der Waals surface area contributed by atoms with Crippen molar-refractivity contribution in [1.82, 2.24) is 4.98 Å². The molecular weight excluding hydrogens is 327 g/mol. The van der Waals surface area contributed by atoms with Crippen molar-refractivity contribution < 1.29 is 23.4 Å². The minimum atomic E-state index is -0.370. The lowest BCUT2D eigenvalue weighted by molar-refractivity contribution is 0.102. The van der Waals surface area contributed by atoms with Gasteiger partial charge in [-0.2, -0.15) is 0 Å². The largest absolute Gasteiger partial charge is 0.493 e. The van der Waals surface area contributed by atoms with Crippen molar-refractivity contribution in [1.29, 1.82) is 0 Å². The molecule has 2 N–H and O–H groups in total. The number of hydrogen-bond acceptors (Lipinski definition) is 4. The molecule has 1 heterocycles. The fraction of sp³-hybridized carbons (Fsp3) is 0.167. The number of hydrogen-bond donors (Lipinski definition) is 2. The van der Waals surface area contributed by atoms with Gasteiger partial charge in [-0.25, -0.2) is 4.39 Å². The van der Waals surface area contributed by atoms with Gasteiger partial charge in [-0.3, -0.25) is 4.79 Å². The number of H-pyrrole nitrogens is 1. The Morgan fingerprint density at radius 1 is 1.00 bits per heavy atom. The molecule has 0 unspecified atom stereocenters. The number of aromatic nitrogens is 1. The molecule has 7 heteroatoms. The molecule has 3 aromatic rings. The van der Waals surface area contributed by atoms with E-state index in [1.54, 1.807) is 24.3 Å². The summed E-state index contributed by atoms with van der Waals surface area (Å²) in [5.74, 6) is 0.549. The zero-order valence-corrected chi connectivity index (χ0v) is 14.0. The van der Waals surface area contributed by atoms with Crippen LogP contribution >= 0.6 is 0 Å². The van der Waals surface area contributed by atoms with Crippen molar-refractivity contribution in [3.8, 4) is 17.2 Å². The fourth-order valence-electron chi connectivity index (χ4n) is 2.57. The summed E-state index contributed by atoms with van der Waals surface area (Å²) in [7, 11) is 4.49. The molecular formula is C18H17FN2O4. The van der Waals surface area contributed by atoms with Crippen molar-refractivity contribution in [2.75, 3.05) is 26.6 Å². The lowest BCUT2D eigenvalue weighted by Gasteiger charge is -2.14. The van der Waals surface area contributed by atoms with Gasteiger partial charge in [-0.1, -0.05) is 0 Å². The Labute approximate surface area is 143 Å². The second kappa shape index (κ2) is 6.72. The molecule has 0 atom stereocenters. The molecule has 1 amide bonds. The number of halogens is 1. The van der Waals surface area contributed by atoms with E-state index in [1.165, 1.54) is 33.5 Å². The molecule has 6 nitrogen and oxygen atoms in total. The number of amides is 1. The van der Waals surface area contributed by atoms with Crippen LogP contribution in [0.3, 0.4) is 0 Å². The predicted molar refractivity (Wildman–Crippen MR) is 92.3 cm³/mol. The summed E-state index contributed by atoms with van der Waals surface area (Å²) < 4.78 is 29.0. The smallest absolute Gasteiger partial charge is 0.272 e. The van der Waals surface area contributed by atoms with Crippen LogP contribution in [0.5, 0.6) is 17.2 Å². The molecule has 0 saturated carbocycles. The quantitative estimate of drug-likeness (QED) is 0.742. The monoisotopic (exact) mass is 344 g/mol. The van der Waals surface area contributed by atoms with E-state index in [0.29, 0.717) is 34.1 Å². The third-order valence-corrected chi connectivity index (χ3v) is 3.75. The van der Waals surface area contributed by atoms with Crippen LogP contribution in [0.25, 0.3) is 10.9 Å². The van der Waals surface area contributed by atoms with Crippen molar-refractivity contribution >= 4 is 22.5 Å². The molecule has 3 rings (SSSR count). The SMILES string of the molecule is COc1cc(NC(=O)c2cc3ccc(F)cc3[nH]2)cc(OC)c1OC. The topological polar surface area (TPSA) is 72.6 Å². The number of methoxy groups -OCH3 is 3. The number of rotatable bonds is 5. The molecule has 0 aliphatic rings. The van der Waals surface area contributed by atoms with Gasteiger partial charge in [0.1, 0.15) is 11.5 Å². The Kier molecular flexibility index (Phi) is 4.47. The summed E-state index contributed by atoms with van der Waals surface area (Å²) in [5, 5.41) is 3.50. The highest BCUT2D eigenvalue weighted by atomic mass is 19.1. The van der Waals surface area contributed by atoms with Crippen molar-refractivity contribution in [3.63, 3.8) is 0 Å². The molecule has 0 radical (unpaired) electrons. The van der Waals surface area contributed by atoms with Gasteiger partial charge in [0.2, 0.25) is 5.75 Å². The molecule has 1 aromatic heterocycles. The highest BCUT2D eigenvalue weighted by Crippen LogP contribution is 2.40. The minimum absolute atomic E-state index is 0.314.